The van der Waals surface area contributed by atoms with E-state index in [9.17, 15) is 10.2 Å². The molecule has 2 atom stereocenters. The molecule has 0 saturated carbocycles. The molecule has 0 aromatic carbocycles. The standard InChI is InChI=1S/C13H22N2O2S/c1-2-3-13(9-16)4-5-15(8-12(13)17)7-11-6-14-10-18-11/h6,10,12,16-17H,2-5,7-9H2,1H3/t12-,13-/m1/s1. The van der Waals surface area contributed by atoms with E-state index in [2.05, 4.69) is 16.8 Å². The van der Waals surface area contributed by atoms with Crippen molar-refractivity contribution >= 4 is 11.3 Å². The minimum atomic E-state index is -0.427. The molecule has 1 aromatic rings. The van der Waals surface area contributed by atoms with Gasteiger partial charge >= 0.3 is 0 Å². The predicted molar refractivity (Wildman–Crippen MR) is 72.4 cm³/mol. The van der Waals surface area contributed by atoms with Gasteiger partial charge in [-0.25, -0.2) is 0 Å². The molecule has 5 heteroatoms. The fourth-order valence-electron chi connectivity index (χ4n) is 2.81. The average Bonchev–Trinajstić information content (AvgIpc) is 2.86. The number of aliphatic hydroxyl groups excluding tert-OH is 2. The summed E-state index contributed by atoms with van der Waals surface area (Å²) in [4.78, 5) is 7.55. The highest BCUT2D eigenvalue weighted by Crippen LogP contribution is 2.36. The zero-order valence-electron chi connectivity index (χ0n) is 10.9. The van der Waals surface area contributed by atoms with Crippen LogP contribution >= 0.6 is 11.3 Å². The lowest BCUT2D eigenvalue weighted by atomic mass is 9.73. The van der Waals surface area contributed by atoms with Gasteiger partial charge in [0.05, 0.1) is 18.2 Å². The molecule has 0 aliphatic carbocycles. The van der Waals surface area contributed by atoms with Gasteiger partial charge in [-0.2, -0.15) is 0 Å². The van der Waals surface area contributed by atoms with Crippen molar-refractivity contribution in [2.75, 3.05) is 19.7 Å². The molecule has 0 radical (unpaired) electrons. The number of hydrogen-bond donors (Lipinski definition) is 2. The Morgan fingerprint density at radius 1 is 1.61 bits per heavy atom. The first-order chi connectivity index (χ1) is 8.70. The molecule has 4 nitrogen and oxygen atoms in total. The van der Waals surface area contributed by atoms with Crippen LogP contribution in [0.3, 0.4) is 0 Å². The van der Waals surface area contributed by atoms with Gasteiger partial charge in [0.25, 0.3) is 0 Å². The second-order valence-corrected chi connectivity index (χ2v) is 6.21. The topological polar surface area (TPSA) is 56.6 Å². The third kappa shape index (κ3) is 2.91. The van der Waals surface area contributed by atoms with E-state index in [1.165, 1.54) is 4.88 Å². The second kappa shape index (κ2) is 6.10. The van der Waals surface area contributed by atoms with Crippen LogP contribution in [-0.2, 0) is 6.54 Å². The Balaban J connectivity index is 1.94. The molecule has 2 N–H and O–H groups in total. The molecule has 2 heterocycles. The minimum Gasteiger partial charge on any atom is -0.396 e. The Hall–Kier alpha value is -0.490. The normalized spacial score (nSPS) is 29.6. The van der Waals surface area contributed by atoms with Crippen LogP contribution in [-0.4, -0.2) is 45.9 Å². The molecule has 1 aromatic heterocycles. The zero-order chi connectivity index (χ0) is 13.0. The monoisotopic (exact) mass is 270 g/mol. The van der Waals surface area contributed by atoms with Gasteiger partial charge in [-0.1, -0.05) is 13.3 Å². The second-order valence-electron chi connectivity index (χ2n) is 5.24. The van der Waals surface area contributed by atoms with Gasteiger partial charge in [-0.05, 0) is 19.4 Å². The van der Waals surface area contributed by atoms with Crippen molar-refractivity contribution < 1.29 is 10.2 Å². The van der Waals surface area contributed by atoms with Crippen LogP contribution in [0.15, 0.2) is 11.7 Å². The fraction of sp³-hybridized carbons (Fsp3) is 0.769. The van der Waals surface area contributed by atoms with Gasteiger partial charge in [0.1, 0.15) is 0 Å². The number of hydrogen-bond acceptors (Lipinski definition) is 5. The van der Waals surface area contributed by atoms with Gasteiger partial charge < -0.3 is 10.2 Å². The number of aliphatic hydroxyl groups is 2. The molecule has 0 spiro atoms. The van der Waals surface area contributed by atoms with E-state index in [1.54, 1.807) is 11.3 Å². The zero-order valence-corrected chi connectivity index (χ0v) is 11.7. The average molecular weight is 270 g/mol. The first kappa shape index (κ1) is 13.9. The Kier molecular flexibility index (Phi) is 4.72. The number of aromatic nitrogens is 1. The summed E-state index contributed by atoms with van der Waals surface area (Å²) in [5.41, 5.74) is 1.56. The first-order valence-electron chi connectivity index (χ1n) is 6.59. The summed E-state index contributed by atoms with van der Waals surface area (Å²) in [6, 6.07) is 0. The molecule has 0 amide bonds. The summed E-state index contributed by atoms with van der Waals surface area (Å²) in [5, 5.41) is 19.9. The summed E-state index contributed by atoms with van der Waals surface area (Å²) in [6.07, 6.45) is 4.24. The Morgan fingerprint density at radius 2 is 2.44 bits per heavy atom. The van der Waals surface area contributed by atoms with Crippen molar-refractivity contribution in [3.63, 3.8) is 0 Å². The summed E-state index contributed by atoms with van der Waals surface area (Å²) < 4.78 is 0. The molecule has 0 unspecified atom stereocenters. The van der Waals surface area contributed by atoms with Crippen LogP contribution in [0, 0.1) is 5.41 Å². The quantitative estimate of drug-likeness (QED) is 0.851. The van der Waals surface area contributed by atoms with Gasteiger partial charge in [0.2, 0.25) is 0 Å². The summed E-state index contributed by atoms with van der Waals surface area (Å²) >= 11 is 1.65. The van der Waals surface area contributed by atoms with Gasteiger partial charge in [-0.15, -0.1) is 11.3 Å². The third-order valence-corrected chi connectivity index (χ3v) is 4.75. The van der Waals surface area contributed by atoms with E-state index in [-0.39, 0.29) is 12.0 Å². The smallest absolute Gasteiger partial charge is 0.0794 e. The van der Waals surface area contributed by atoms with E-state index < -0.39 is 6.10 Å². The van der Waals surface area contributed by atoms with Crippen molar-refractivity contribution in [1.29, 1.82) is 0 Å². The molecule has 1 fully saturated rings. The maximum atomic E-state index is 10.3. The SMILES string of the molecule is CCC[C@]1(CO)CCN(Cc2cncs2)C[C@H]1O. The number of rotatable bonds is 5. The van der Waals surface area contributed by atoms with Crippen LogP contribution in [0.25, 0.3) is 0 Å². The highest BCUT2D eigenvalue weighted by atomic mass is 32.1. The number of likely N-dealkylation sites (tertiary alicyclic amines) is 1. The minimum absolute atomic E-state index is 0.0937. The van der Waals surface area contributed by atoms with Gasteiger partial charge in [0, 0.05) is 29.6 Å². The third-order valence-electron chi connectivity index (χ3n) is 3.99. The Morgan fingerprint density at radius 3 is 3.00 bits per heavy atom. The van der Waals surface area contributed by atoms with E-state index in [1.807, 2.05) is 11.7 Å². The predicted octanol–water partition coefficient (Wildman–Crippen LogP) is 1.49. The number of nitrogens with zero attached hydrogens (tertiary/aromatic N) is 2. The maximum Gasteiger partial charge on any atom is 0.0794 e. The van der Waals surface area contributed by atoms with Gasteiger partial charge in [0.15, 0.2) is 0 Å². The lowest BCUT2D eigenvalue weighted by Crippen LogP contribution is -2.52. The van der Waals surface area contributed by atoms with E-state index in [0.717, 1.165) is 32.4 Å². The molecule has 102 valence electrons. The van der Waals surface area contributed by atoms with Crippen molar-refractivity contribution in [3.05, 3.63) is 16.6 Å². The highest BCUT2D eigenvalue weighted by Gasteiger charge is 2.40. The van der Waals surface area contributed by atoms with E-state index in [0.29, 0.717) is 6.54 Å². The van der Waals surface area contributed by atoms with Crippen molar-refractivity contribution in [1.82, 2.24) is 9.88 Å². The highest BCUT2D eigenvalue weighted by molar-refractivity contribution is 7.09. The molecular formula is C13H22N2O2S. The maximum absolute atomic E-state index is 10.3. The fourth-order valence-corrected chi connectivity index (χ4v) is 3.45. The van der Waals surface area contributed by atoms with Crippen molar-refractivity contribution in [3.8, 4) is 0 Å². The molecule has 1 aliphatic heterocycles. The molecule has 0 bridgehead atoms. The van der Waals surface area contributed by atoms with Crippen LogP contribution in [0.4, 0.5) is 0 Å². The Labute approximate surface area is 112 Å². The number of β-amino-alcohol motifs (C(OH)–C–C–N with tert-alkyl or cyclic N) is 1. The van der Waals surface area contributed by atoms with E-state index in [4.69, 9.17) is 0 Å². The number of thiazole rings is 1. The Bertz CT molecular complexity index is 358. The molecule has 2 rings (SSSR count). The van der Waals surface area contributed by atoms with Crippen LogP contribution in [0.5, 0.6) is 0 Å². The summed E-state index contributed by atoms with van der Waals surface area (Å²) in [7, 11) is 0. The number of piperidine rings is 1. The van der Waals surface area contributed by atoms with E-state index >= 15 is 0 Å². The van der Waals surface area contributed by atoms with Crippen LogP contribution in [0.1, 0.15) is 31.1 Å². The van der Waals surface area contributed by atoms with Crippen LogP contribution < -0.4 is 0 Å². The molecule has 18 heavy (non-hydrogen) atoms. The van der Waals surface area contributed by atoms with Crippen molar-refractivity contribution in [2.24, 2.45) is 5.41 Å². The van der Waals surface area contributed by atoms with Gasteiger partial charge in [-0.3, -0.25) is 9.88 Å². The lowest BCUT2D eigenvalue weighted by molar-refractivity contribution is -0.0801. The molecule has 1 aliphatic rings. The lowest BCUT2D eigenvalue weighted by Gasteiger charge is -2.44. The summed E-state index contributed by atoms with van der Waals surface area (Å²) in [6.45, 7) is 4.65. The van der Waals surface area contributed by atoms with Crippen LogP contribution in [0.2, 0.25) is 0 Å². The first-order valence-corrected chi connectivity index (χ1v) is 7.47. The van der Waals surface area contributed by atoms with Crippen molar-refractivity contribution in [2.45, 2.75) is 38.8 Å². The molecule has 1 saturated heterocycles. The molecular weight excluding hydrogens is 248 g/mol. The summed E-state index contributed by atoms with van der Waals surface area (Å²) in [5.74, 6) is 0. The largest absolute Gasteiger partial charge is 0.396 e.